The van der Waals surface area contributed by atoms with Crippen LogP contribution in [-0.4, -0.2) is 42.3 Å². The summed E-state index contributed by atoms with van der Waals surface area (Å²) in [6, 6.07) is 0. The van der Waals surface area contributed by atoms with E-state index in [2.05, 4.69) is 32.6 Å². The van der Waals surface area contributed by atoms with Gasteiger partial charge in [0.25, 0.3) is 0 Å². The highest BCUT2D eigenvalue weighted by molar-refractivity contribution is 5.05. The summed E-state index contributed by atoms with van der Waals surface area (Å²) in [7, 11) is 0. The highest BCUT2D eigenvalue weighted by Crippen LogP contribution is 2.44. The molecule has 3 unspecified atom stereocenters. The summed E-state index contributed by atoms with van der Waals surface area (Å²) in [5.74, 6) is 1.45. The van der Waals surface area contributed by atoms with Gasteiger partial charge >= 0.3 is 0 Å². The number of ether oxygens (including phenoxy) is 1. The standard InChI is InChI=1S/C15H30N2O/c1-12-6-5-7-15(10-16,13(12)2)17-8-9-18-11-14(17,3)4/h12-13H,5-11,16H2,1-4H3. The number of hydrogen-bond acceptors (Lipinski definition) is 3. The largest absolute Gasteiger partial charge is 0.378 e. The summed E-state index contributed by atoms with van der Waals surface area (Å²) >= 11 is 0. The van der Waals surface area contributed by atoms with Crippen molar-refractivity contribution in [1.29, 1.82) is 0 Å². The van der Waals surface area contributed by atoms with Crippen molar-refractivity contribution in [3.05, 3.63) is 0 Å². The first-order valence-electron chi connectivity index (χ1n) is 7.49. The number of nitrogens with two attached hydrogens (primary N) is 1. The molecule has 0 amide bonds. The topological polar surface area (TPSA) is 38.5 Å². The summed E-state index contributed by atoms with van der Waals surface area (Å²) in [6.45, 7) is 12.9. The molecule has 18 heavy (non-hydrogen) atoms. The van der Waals surface area contributed by atoms with Gasteiger partial charge in [-0.05, 0) is 32.1 Å². The lowest BCUT2D eigenvalue weighted by Crippen LogP contribution is -2.69. The molecule has 0 spiro atoms. The minimum absolute atomic E-state index is 0.114. The first-order valence-corrected chi connectivity index (χ1v) is 7.49. The summed E-state index contributed by atoms with van der Waals surface area (Å²) in [5, 5.41) is 0. The van der Waals surface area contributed by atoms with Crippen LogP contribution in [0.2, 0.25) is 0 Å². The maximum atomic E-state index is 6.26. The van der Waals surface area contributed by atoms with Crippen LogP contribution in [-0.2, 0) is 4.74 Å². The van der Waals surface area contributed by atoms with E-state index in [1.54, 1.807) is 0 Å². The van der Waals surface area contributed by atoms with Crippen LogP contribution in [0.1, 0.15) is 47.0 Å². The first kappa shape index (κ1) is 14.3. The molecule has 3 heteroatoms. The van der Waals surface area contributed by atoms with Gasteiger partial charge in [0.1, 0.15) is 0 Å². The van der Waals surface area contributed by atoms with Crippen molar-refractivity contribution in [1.82, 2.24) is 4.90 Å². The van der Waals surface area contributed by atoms with Crippen molar-refractivity contribution >= 4 is 0 Å². The normalized spacial score (nSPS) is 41.8. The molecule has 1 saturated heterocycles. The van der Waals surface area contributed by atoms with Crippen LogP contribution in [0.3, 0.4) is 0 Å². The van der Waals surface area contributed by atoms with E-state index in [0.717, 1.165) is 32.2 Å². The van der Waals surface area contributed by atoms with Crippen LogP contribution in [0.4, 0.5) is 0 Å². The molecule has 1 saturated carbocycles. The molecule has 2 aliphatic rings. The van der Waals surface area contributed by atoms with E-state index in [4.69, 9.17) is 10.5 Å². The van der Waals surface area contributed by atoms with Gasteiger partial charge in [0.05, 0.1) is 13.2 Å². The average molecular weight is 254 g/mol. The third-order valence-electron chi connectivity index (χ3n) is 5.51. The Labute approximate surface area is 112 Å². The molecule has 2 N–H and O–H groups in total. The molecule has 3 atom stereocenters. The Morgan fingerprint density at radius 2 is 2.06 bits per heavy atom. The van der Waals surface area contributed by atoms with E-state index < -0.39 is 0 Å². The van der Waals surface area contributed by atoms with Crippen LogP contribution >= 0.6 is 0 Å². The maximum Gasteiger partial charge on any atom is 0.0645 e. The van der Waals surface area contributed by atoms with Gasteiger partial charge in [-0.2, -0.15) is 0 Å². The van der Waals surface area contributed by atoms with Crippen molar-refractivity contribution in [3.63, 3.8) is 0 Å². The van der Waals surface area contributed by atoms with Crippen LogP contribution in [0, 0.1) is 11.8 Å². The van der Waals surface area contributed by atoms with Gasteiger partial charge in [0.2, 0.25) is 0 Å². The Morgan fingerprint density at radius 3 is 2.67 bits per heavy atom. The molecule has 1 aliphatic heterocycles. The average Bonchev–Trinajstić information content (AvgIpc) is 2.33. The highest BCUT2D eigenvalue weighted by atomic mass is 16.5. The second-order valence-corrected chi connectivity index (χ2v) is 6.98. The Balaban J connectivity index is 2.30. The molecule has 2 rings (SSSR count). The Hall–Kier alpha value is -0.120. The lowest BCUT2D eigenvalue weighted by Gasteiger charge is -2.59. The Bertz CT molecular complexity index is 292. The third kappa shape index (κ3) is 2.21. The lowest BCUT2D eigenvalue weighted by molar-refractivity contribution is -0.136. The van der Waals surface area contributed by atoms with Crippen molar-refractivity contribution in [2.75, 3.05) is 26.3 Å². The van der Waals surface area contributed by atoms with Gasteiger partial charge in [-0.3, -0.25) is 4.90 Å². The highest BCUT2D eigenvalue weighted by Gasteiger charge is 2.50. The molecule has 1 aliphatic carbocycles. The summed E-state index contributed by atoms with van der Waals surface area (Å²) < 4.78 is 5.67. The van der Waals surface area contributed by atoms with Crippen molar-refractivity contribution in [2.45, 2.75) is 58.0 Å². The second kappa shape index (κ2) is 5.10. The van der Waals surface area contributed by atoms with Crippen LogP contribution in [0.15, 0.2) is 0 Å². The van der Waals surface area contributed by atoms with Gasteiger partial charge in [-0.25, -0.2) is 0 Å². The quantitative estimate of drug-likeness (QED) is 0.821. The van der Waals surface area contributed by atoms with Crippen LogP contribution in [0.5, 0.6) is 0 Å². The van der Waals surface area contributed by atoms with Crippen molar-refractivity contribution < 1.29 is 4.74 Å². The third-order valence-corrected chi connectivity index (χ3v) is 5.51. The molecule has 0 bridgehead atoms. The van der Waals surface area contributed by atoms with E-state index in [1.807, 2.05) is 0 Å². The number of hydrogen-bond donors (Lipinski definition) is 1. The predicted molar refractivity (Wildman–Crippen MR) is 75.6 cm³/mol. The smallest absolute Gasteiger partial charge is 0.0645 e. The molecule has 3 nitrogen and oxygen atoms in total. The summed E-state index contributed by atoms with van der Waals surface area (Å²) in [4.78, 5) is 2.67. The predicted octanol–water partition coefficient (Wildman–Crippen LogP) is 2.25. The molecule has 2 fully saturated rings. The van der Waals surface area contributed by atoms with Crippen LogP contribution in [0.25, 0.3) is 0 Å². The van der Waals surface area contributed by atoms with Crippen molar-refractivity contribution in [3.8, 4) is 0 Å². The molecule has 106 valence electrons. The first-order chi connectivity index (χ1) is 8.44. The lowest BCUT2D eigenvalue weighted by atomic mass is 9.66. The fourth-order valence-corrected chi connectivity index (χ4v) is 4.20. The van der Waals surface area contributed by atoms with E-state index in [0.29, 0.717) is 5.92 Å². The fourth-order valence-electron chi connectivity index (χ4n) is 4.20. The summed E-state index contributed by atoms with van der Waals surface area (Å²) in [5.41, 5.74) is 6.56. The Kier molecular flexibility index (Phi) is 4.05. The molecule has 0 aromatic heterocycles. The summed E-state index contributed by atoms with van der Waals surface area (Å²) in [6.07, 6.45) is 3.92. The minimum atomic E-state index is 0.114. The van der Waals surface area contributed by atoms with E-state index in [-0.39, 0.29) is 11.1 Å². The van der Waals surface area contributed by atoms with Gasteiger partial charge < -0.3 is 10.5 Å². The van der Waals surface area contributed by atoms with E-state index >= 15 is 0 Å². The van der Waals surface area contributed by atoms with Crippen molar-refractivity contribution in [2.24, 2.45) is 17.6 Å². The van der Waals surface area contributed by atoms with E-state index in [9.17, 15) is 0 Å². The molecule has 0 aromatic rings. The van der Waals surface area contributed by atoms with Gasteiger partial charge in [-0.1, -0.05) is 26.7 Å². The van der Waals surface area contributed by atoms with Gasteiger partial charge in [0.15, 0.2) is 0 Å². The van der Waals surface area contributed by atoms with Crippen LogP contribution < -0.4 is 5.73 Å². The fraction of sp³-hybridized carbons (Fsp3) is 1.00. The Morgan fingerprint density at radius 1 is 1.33 bits per heavy atom. The maximum absolute atomic E-state index is 6.26. The zero-order valence-corrected chi connectivity index (χ0v) is 12.5. The number of nitrogens with zero attached hydrogens (tertiary/aromatic N) is 1. The molecular weight excluding hydrogens is 224 g/mol. The molecule has 0 aromatic carbocycles. The monoisotopic (exact) mass is 254 g/mol. The van der Waals surface area contributed by atoms with Gasteiger partial charge in [-0.15, -0.1) is 0 Å². The number of rotatable bonds is 2. The SMILES string of the molecule is CC1CCCC(CN)(N2CCOCC2(C)C)C1C. The van der Waals surface area contributed by atoms with Gasteiger partial charge in [0, 0.05) is 24.2 Å². The van der Waals surface area contributed by atoms with E-state index in [1.165, 1.54) is 19.3 Å². The molecule has 1 heterocycles. The zero-order valence-electron chi connectivity index (χ0n) is 12.5. The second-order valence-electron chi connectivity index (χ2n) is 6.98. The minimum Gasteiger partial charge on any atom is -0.378 e. The zero-order chi connectivity index (χ0) is 13.4. The molecular formula is C15H30N2O. The number of morpholine rings is 1. The molecule has 0 radical (unpaired) electrons.